The van der Waals surface area contributed by atoms with E-state index in [4.69, 9.17) is 28.5 Å². The van der Waals surface area contributed by atoms with Crippen molar-refractivity contribution in [3.05, 3.63) is 45.6 Å². The minimum atomic E-state index is 0.377. The quantitative estimate of drug-likeness (QED) is 0.565. The fraction of sp³-hybridized carbons (Fsp3) is 0.0769. The predicted octanol–water partition coefficient (Wildman–Crippen LogP) is 4.39. The van der Waals surface area contributed by atoms with E-state index in [0.29, 0.717) is 10.2 Å². The van der Waals surface area contributed by atoms with Crippen LogP contribution in [0.4, 0.5) is 0 Å². The second kappa shape index (κ2) is 4.75. The molecule has 84 valence electrons. The first kappa shape index (κ1) is 11.9. The lowest BCUT2D eigenvalue weighted by atomic mass is 10.0. The molecule has 1 heterocycles. The fourth-order valence-corrected chi connectivity index (χ4v) is 2.14. The van der Waals surface area contributed by atoms with Gasteiger partial charge in [0.25, 0.3) is 0 Å². The summed E-state index contributed by atoms with van der Waals surface area (Å²) >= 11 is 12.0. The van der Waals surface area contributed by atoms with Gasteiger partial charge >= 0.3 is 0 Å². The molecular formula is C13H8Cl2N2. The maximum absolute atomic E-state index is 8.53. The SMILES string of the molecule is Cc1cc2nc(Cl)cc(Cl)c2cc1/C=C/C#N. The van der Waals surface area contributed by atoms with Crippen LogP contribution in [0.3, 0.4) is 0 Å². The van der Waals surface area contributed by atoms with Crippen molar-refractivity contribution < 1.29 is 0 Å². The van der Waals surface area contributed by atoms with E-state index in [1.807, 2.05) is 25.1 Å². The maximum atomic E-state index is 8.53. The molecule has 0 saturated heterocycles. The smallest absolute Gasteiger partial charge is 0.131 e. The normalized spacial score (nSPS) is 10.9. The molecule has 0 radical (unpaired) electrons. The molecule has 4 heteroatoms. The van der Waals surface area contributed by atoms with Gasteiger partial charge in [-0.15, -0.1) is 0 Å². The average molecular weight is 263 g/mol. The van der Waals surface area contributed by atoms with Crippen LogP contribution < -0.4 is 0 Å². The number of rotatable bonds is 1. The van der Waals surface area contributed by atoms with E-state index in [1.165, 1.54) is 6.08 Å². The Labute approximate surface area is 109 Å². The summed E-state index contributed by atoms with van der Waals surface area (Å²) in [5.41, 5.74) is 2.73. The fourth-order valence-electron chi connectivity index (χ4n) is 1.63. The van der Waals surface area contributed by atoms with Crippen LogP contribution in [0.5, 0.6) is 0 Å². The molecule has 0 aliphatic heterocycles. The Morgan fingerprint density at radius 3 is 2.76 bits per heavy atom. The van der Waals surface area contributed by atoms with E-state index in [2.05, 4.69) is 4.98 Å². The minimum absolute atomic E-state index is 0.377. The molecular weight excluding hydrogens is 255 g/mol. The molecule has 0 aliphatic rings. The first-order valence-electron chi connectivity index (χ1n) is 4.94. The number of pyridine rings is 1. The van der Waals surface area contributed by atoms with E-state index in [-0.39, 0.29) is 0 Å². The second-order valence-corrected chi connectivity index (χ2v) is 4.41. The van der Waals surface area contributed by atoms with Crippen molar-refractivity contribution in [3.63, 3.8) is 0 Å². The molecule has 0 saturated carbocycles. The molecule has 2 nitrogen and oxygen atoms in total. The van der Waals surface area contributed by atoms with Crippen molar-refractivity contribution in [1.82, 2.24) is 4.98 Å². The Hall–Kier alpha value is -1.56. The first-order chi connectivity index (χ1) is 8.11. The van der Waals surface area contributed by atoms with E-state index >= 15 is 0 Å². The van der Waals surface area contributed by atoms with Gasteiger partial charge in [0, 0.05) is 11.5 Å². The van der Waals surface area contributed by atoms with E-state index in [0.717, 1.165) is 22.0 Å². The van der Waals surface area contributed by atoms with Gasteiger partial charge in [-0.1, -0.05) is 23.2 Å². The predicted molar refractivity (Wildman–Crippen MR) is 71.1 cm³/mol. The van der Waals surface area contributed by atoms with Gasteiger partial charge in [-0.05, 0) is 42.3 Å². The third-order valence-electron chi connectivity index (χ3n) is 2.45. The molecule has 0 bridgehead atoms. The van der Waals surface area contributed by atoms with E-state index in [1.54, 1.807) is 12.1 Å². The van der Waals surface area contributed by atoms with Crippen molar-refractivity contribution in [3.8, 4) is 6.07 Å². The third-order valence-corrected chi connectivity index (χ3v) is 2.96. The summed E-state index contributed by atoms with van der Waals surface area (Å²) in [7, 11) is 0. The largest absolute Gasteiger partial charge is 0.236 e. The van der Waals surface area contributed by atoms with Crippen molar-refractivity contribution in [2.75, 3.05) is 0 Å². The third kappa shape index (κ3) is 2.41. The maximum Gasteiger partial charge on any atom is 0.131 e. The zero-order valence-electron chi connectivity index (χ0n) is 9.04. The van der Waals surface area contributed by atoms with Gasteiger partial charge in [0.1, 0.15) is 5.15 Å². The number of hydrogen-bond donors (Lipinski definition) is 0. The number of allylic oxidation sites excluding steroid dienone is 1. The molecule has 0 amide bonds. The molecule has 17 heavy (non-hydrogen) atoms. The second-order valence-electron chi connectivity index (χ2n) is 3.62. The molecule has 0 spiro atoms. The minimum Gasteiger partial charge on any atom is -0.236 e. The zero-order valence-corrected chi connectivity index (χ0v) is 10.5. The lowest BCUT2D eigenvalue weighted by Gasteiger charge is -2.05. The highest BCUT2D eigenvalue weighted by Gasteiger charge is 2.05. The number of nitriles is 1. The number of nitrogens with zero attached hydrogens (tertiary/aromatic N) is 2. The summed E-state index contributed by atoms with van der Waals surface area (Å²) in [4.78, 5) is 4.21. The van der Waals surface area contributed by atoms with Gasteiger partial charge in [0.15, 0.2) is 0 Å². The number of fused-ring (bicyclic) bond motifs is 1. The molecule has 0 unspecified atom stereocenters. The van der Waals surface area contributed by atoms with Gasteiger partial charge < -0.3 is 0 Å². The summed E-state index contributed by atoms with van der Waals surface area (Å²) in [5, 5.41) is 10.3. The Morgan fingerprint density at radius 1 is 1.29 bits per heavy atom. The number of aromatic nitrogens is 1. The molecule has 0 fully saturated rings. The highest BCUT2D eigenvalue weighted by Crippen LogP contribution is 2.28. The van der Waals surface area contributed by atoms with Crippen LogP contribution in [0, 0.1) is 18.3 Å². The van der Waals surface area contributed by atoms with Gasteiger partial charge in [-0.25, -0.2) is 4.98 Å². The van der Waals surface area contributed by atoms with Gasteiger partial charge in [0.2, 0.25) is 0 Å². The number of hydrogen-bond acceptors (Lipinski definition) is 2. The molecule has 0 atom stereocenters. The lowest BCUT2D eigenvalue weighted by Crippen LogP contribution is -1.87. The molecule has 2 rings (SSSR count). The summed E-state index contributed by atoms with van der Waals surface area (Å²) in [6, 6.07) is 7.39. The topological polar surface area (TPSA) is 36.7 Å². The van der Waals surface area contributed by atoms with Crippen molar-refractivity contribution in [1.29, 1.82) is 5.26 Å². The molecule has 1 aromatic heterocycles. The lowest BCUT2D eigenvalue weighted by molar-refractivity contribution is 1.38. The van der Waals surface area contributed by atoms with Crippen LogP contribution in [0.2, 0.25) is 10.2 Å². The Kier molecular flexibility index (Phi) is 3.33. The molecule has 0 N–H and O–H groups in total. The monoisotopic (exact) mass is 262 g/mol. The summed E-state index contributed by atoms with van der Waals surface area (Å²) in [5.74, 6) is 0. The van der Waals surface area contributed by atoms with E-state index < -0.39 is 0 Å². The number of halogens is 2. The van der Waals surface area contributed by atoms with Crippen molar-refractivity contribution in [2.45, 2.75) is 6.92 Å². The van der Waals surface area contributed by atoms with Gasteiger partial charge in [0.05, 0.1) is 16.6 Å². The highest BCUT2D eigenvalue weighted by molar-refractivity contribution is 6.37. The van der Waals surface area contributed by atoms with E-state index in [9.17, 15) is 0 Å². The Bertz CT molecular complexity index is 654. The zero-order chi connectivity index (χ0) is 12.4. The number of aryl methyl sites for hydroxylation is 1. The highest BCUT2D eigenvalue weighted by atomic mass is 35.5. The Morgan fingerprint density at radius 2 is 2.06 bits per heavy atom. The molecule has 2 aromatic rings. The summed E-state index contributed by atoms with van der Waals surface area (Å²) in [6.07, 6.45) is 3.19. The number of benzene rings is 1. The van der Waals surface area contributed by atoms with Gasteiger partial charge in [-0.2, -0.15) is 5.26 Å². The van der Waals surface area contributed by atoms with Crippen LogP contribution in [-0.2, 0) is 0 Å². The molecule has 1 aromatic carbocycles. The van der Waals surface area contributed by atoms with Crippen LogP contribution in [-0.4, -0.2) is 4.98 Å². The van der Waals surface area contributed by atoms with Crippen molar-refractivity contribution >= 4 is 40.2 Å². The summed E-state index contributed by atoms with van der Waals surface area (Å²) in [6.45, 7) is 1.95. The van der Waals surface area contributed by atoms with Gasteiger partial charge in [-0.3, -0.25) is 0 Å². The Balaban J connectivity index is 2.72. The molecule has 0 aliphatic carbocycles. The average Bonchev–Trinajstić information content (AvgIpc) is 2.26. The van der Waals surface area contributed by atoms with Crippen LogP contribution in [0.15, 0.2) is 24.3 Å². The van der Waals surface area contributed by atoms with Crippen LogP contribution in [0.1, 0.15) is 11.1 Å². The van der Waals surface area contributed by atoms with Crippen molar-refractivity contribution in [2.24, 2.45) is 0 Å². The summed E-state index contributed by atoms with van der Waals surface area (Å²) < 4.78 is 0. The standard InChI is InChI=1S/C13H8Cl2N2/c1-8-5-12-10(6-9(8)3-2-4-16)11(14)7-13(15)17-12/h2-3,5-7H,1H3/b3-2+. The van der Waals surface area contributed by atoms with Crippen LogP contribution in [0.25, 0.3) is 17.0 Å². The van der Waals surface area contributed by atoms with Crippen LogP contribution >= 0.6 is 23.2 Å². The first-order valence-corrected chi connectivity index (χ1v) is 5.70.